The number of ether oxygens (including phenoxy) is 4. The van der Waals surface area contributed by atoms with E-state index in [0.29, 0.717) is 6.61 Å². The van der Waals surface area contributed by atoms with E-state index in [1.807, 2.05) is 32.0 Å². The summed E-state index contributed by atoms with van der Waals surface area (Å²) in [5.41, 5.74) is 2.21. The summed E-state index contributed by atoms with van der Waals surface area (Å²) >= 11 is 1.69. The topological polar surface area (TPSA) is 36.9 Å². The molecule has 2 aliphatic rings. The molecule has 0 aliphatic carbocycles. The molecule has 5 atom stereocenters. The van der Waals surface area contributed by atoms with Crippen LogP contribution in [0.2, 0.25) is 0 Å². The Morgan fingerprint density at radius 1 is 0.964 bits per heavy atom. The van der Waals surface area contributed by atoms with Crippen molar-refractivity contribution in [1.29, 1.82) is 0 Å². The third-order valence-electron chi connectivity index (χ3n) is 5.13. The Balaban J connectivity index is 1.55. The highest BCUT2D eigenvalue weighted by molar-refractivity contribution is 7.99. The highest BCUT2D eigenvalue weighted by Crippen LogP contribution is 2.43. The van der Waals surface area contributed by atoms with Crippen LogP contribution in [0, 0.1) is 6.92 Å². The van der Waals surface area contributed by atoms with E-state index < -0.39 is 5.79 Å². The van der Waals surface area contributed by atoms with E-state index in [4.69, 9.17) is 18.9 Å². The molecule has 0 spiro atoms. The van der Waals surface area contributed by atoms with Crippen molar-refractivity contribution < 1.29 is 18.9 Å². The van der Waals surface area contributed by atoms with Gasteiger partial charge in [0.1, 0.15) is 23.7 Å². The molecular weight excluding hydrogens is 372 g/mol. The number of hydrogen-bond donors (Lipinski definition) is 0. The van der Waals surface area contributed by atoms with Gasteiger partial charge in [-0.2, -0.15) is 0 Å². The highest BCUT2D eigenvalue weighted by Gasteiger charge is 2.54. The van der Waals surface area contributed by atoms with Crippen LogP contribution >= 0.6 is 11.8 Å². The predicted octanol–water partition coefficient (Wildman–Crippen LogP) is 4.94. The summed E-state index contributed by atoms with van der Waals surface area (Å²) in [6, 6.07) is 18.7. The maximum absolute atomic E-state index is 6.38. The number of aryl methyl sites for hydroxylation is 1. The van der Waals surface area contributed by atoms with E-state index in [-0.39, 0.29) is 29.9 Å². The van der Waals surface area contributed by atoms with Crippen molar-refractivity contribution in [2.24, 2.45) is 0 Å². The Labute approximate surface area is 171 Å². The maximum atomic E-state index is 6.38. The van der Waals surface area contributed by atoms with Crippen LogP contribution in [0.4, 0.5) is 0 Å². The molecule has 2 aromatic carbocycles. The Hall–Kier alpha value is -1.37. The molecule has 2 saturated heterocycles. The molecule has 2 fully saturated rings. The van der Waals surface area contributed by atoms with Gasteiger partial charge in [-0.15, -0.1) is 0 Å². The van der Waals surface area contributed by atoms with Crippen LogP contribution < -0.4 is 0 Å². The molecule has 0 radical (unpaired) electrons. The molecule has 2 aromatic rings. The van der Waals surface area contributed by atoms with E-state index in [1.54, 1.807) is 11.8 Å². The quantitative estimate of drug-likeness (QED) is 0.711. The van der Waals surface area contributed by atoms with Crippen LogP contribution in [0.1, 0.15) is 31.9 Å². The lowest BCUT2D eigenvalue weighted by molar-refractivity contribution is -0.175. The van der Waals surface area contributed by atoms with Crippen LogP contribution in [0.3, 0.4) is 0 Å². The summed E-state index contributed by atoms with van der Waals surface area (Å²) in [6.07, 6.45) is -0.586. The third kappa shape index (κ3) is 4.44. The van der Waals surface area contributed by atoms with Crippen LogP contribution in [0.5, 0.6) is 0 Å². The third-order valence-corrected chi connectivity index (χ3v) is 6.28. The van der Waals surface area contributed by atoms with Crippen molar-refractivity contribution in [3.05, 3.63) is 65.7 Å². The first-order chi connectivity index (χ1) is 13.4. The van der Waals surface area contributed by atoms with Crippen LogP contribution in [-0.4, -0.2) is 35.6 Å². The molecule has 4 nitrogen and oxygen atoms in total. The summed E-state index contributed by atoms with van der Waals surface area (Å²) in [5, 5.41) is 0. The first-order valence-electron chi connectivity index (χ1n) is 9.81. The van der Waals surface area contributed by atoms with E-state index in [9.17, 15) is 0 Å². The van der Waals surface area contributed by atoms with Gasteiger partial charge in [0.05, 0.1) is 12.7 Å². The minimum absolute atomic E-state index is 0.0636. The Morgan fingerprint density at radius 3 is 2.36 bits per heavy atom. The number of hydrogen-bond acceptors (Lipinski definition) is 5. The van der Waals surface area contributed by atoms with Crippen molar-refractivity contribution in [2.45, 2.75) is 74.8 Å². The zero-order valence-corrected chi connectivity index (χ0v) is 17.6. The van der Waals surface area contributed by atoms with Crippen molar-refractivity contribution >= 4 is 11.8 Å². The van der Waals surface area contributed by atoms with Gasteiger partial charge in [0, 0.05) is 4.90 Å². The lowest BCUT2D eigenvalue weighted by Gasteiger charge is -2.40. The summed E-state index contributed by atoms with van der Waals surface area (Å²) in [5.74, 6) is -0.634. The first kappa shape index (κ1) is 19.9. The fourth-order valence-corrected chi connectivity index (χ4v) is 4.90. The van der Waals surface area contributed by atoms with Gasteiger partial charge in [0.2, 0.25) is 0 Å². The second-order valence-corrected chi connectivity index (χ2v) is 9.14. The van der Waals surface area contributed by atoms with E-state index >= 15 is 0 Å². The number of fused-ring (bicyclic) bond motifs is 1. The molecule has 5 heteroatoms. The fraction of sp³-hybridized carbons (Fsp3) is 0.478. The average Bonchev–Trinajstić information content (AvgIpc) is 3.00. The van der Waals surface area contributed by atoms with Gasteiger partial charge in [0.15, 0.2) is 5.79 Å². The second kappa shape index (κ2) is 8.17. The Kier molecular flexibility index (Phi) is 5.81. The standard InChI is InChI=1S/C23H28O4S/c1-15-10-12-18(13-11-15)28-22-21(24-14-17-8-6-5-7-9-17)20-19(16(2)25-22)26-23(3,4)27-20/h5-13,16,19-22H,14H2,1-4H3/t16-,19+,20+,21-,22-/m0/s1. The molecule has 0 N–H and O–H groups in total. The largest absolute Gasteiger partial charge is 0.367 e. The van der Waals surface area contributed by atoms with Gasteiger partial charge in [-0.3, -0.25) is 0 Å². The van der Waals surface area contributed by atoms with Crippen LogP contribution in [0.25, 0.3) is 0 Å². The first-order valence-corrected chi connectivity index (χ1v) is 10.7. The maximum Gasteiger partial charge on any atom is 0.164 e. The van der Waals surface area contributed by atoms with Crippen molar-refractivity contribution in [1.82, 2.24) is 0 Å². The minimum Gasteiger partial charge on any atom is -0.367 e. The lowest BCUT2D eigenvalue weighted by atomic mass is 10.0. The van der Waals surface area contributed by atoms with Crippen molar-refractivity contribution in [3.8, 4) is 0 Å². The molecule has 0 saturated carbocycles. The SMILES string of the molecule is Cc1ccc(S[C@@H]2O[C@@H](C)[C@H]3OC(C)(C)O[C@H]3[C@@H]2OCc2ccccc2)cc1. The molecule has 0 unspecified atom stereocenters. The van der Waals surface area contributed by atoms with Gasteiger partial charge in [-0.05, 0) is 45.4 Å². The zero-order valence-electron chi connectivity index (χ0n) is 16.8. The van der Waals surface area contributed by atoms with Crippen molar-refractivity contribution in [2.75, 3.05) is 0 Å². The molecule has 0 amide bonds. The summed E-state index contributed by atoms with van der Waals surface area (Å²) in [7, 11) is 0. The number of rotatable bonds is 5. The fourth-order valence-electron chi connectivity index (χ4n) is 3.74. The Morgan fingerprint density at radius 2 is 1.64 bits per heavy atom. The van der Waals surface area contributed by atoms with E-state index in [2.05, 4.69) is 50.2 Å². The van der Waals surface area contributed by atoms with Gasteiger partial charge in [-0.25, -0.2) is 0 Å². The van der Waals surface area contributed by atoms with E-state index in [1.165, 1.54) is 5.56 Å². The Bertz CT molecular complexity index is 777. The molecule has 150 valence electrons. The smallest absolute Gasteiger partial charge is 0.164 e. The van der Waals surface area contributed by atoms with Crippen LogP contribution in [-0.2, 0) is 25.6 Å². The normalized spacial score (nSPS) is 31.5. The molecule has 2 aliphatic heterocycles. The molecular formula is C23H28O4S. The second-order valence-electron chi connectivity index (χ2n) is 7.97. The van der Waals surface area contributed by atoms with Gasteiger partial charge < -0.3 is 18.9 Å². The number of benzene rings is 2. The number of thioether (sulfide) groups is 1. The van der Waals surface area contributed by atoms with Gasteiger partial charge in [0.25, 0.3) is 0 Å². The molecule has 2 heterocycles. The zero-order chi connectivity index (χ0) is 19.7. The summed E-state index contributed by atoms with van der Waals surface area (Å²) in [6.45, 7) is 8.57. The van der Waals surface area contributed by atoms with Crippen molar-refractivity contribution in [3.63, 3.8) is 0 Å². The summed E-state index contributed by atoms with van der Waals surface area (Å²) in [4.78, 5) is 1.16. The monoisotopic (exact) mass is 400 g/mol. The molecule has 4 rings (SSSR count). The lowest BCUT2D eigenvalue weighted by Crippen LogP contribution is -2.55. The van der Waals surface area contributed by atoms with Gasteiger partial charge in [-0.1, -0.05) is 59.8 Å². The molecule has 0 aromatic heterocycles. The molecule has 0 bridgehead atoms. The summed E-state index contributed by atoms with van der Waals surface area (Å²) < 4.78 is 25.1. The molecule has 28 heavy (non-hydrogen) atoms. The van der Waals surface area contributed by atoms with Crippen LogP contribution in [0.15, 0.2) is 59.5 Å². The predicted molar refractivity (Wildman–Crippen MR) is 110 cm³/mol. The van der Waals surface area contributed by atoms with Gasteiger partial charge >= 0.3 is 0 Å². The average molecular weight is 401 g/mol. The van der Waals surface area contributed by atoms with E-state index in [0.717, 1.165) is 10.5 Å². The highest BCUT2D eigenvalue weighted by atomic mass is 32.2. The minimum atomic E-state index is -0.634.